The molecule has 1 aromatic carbocycles. The van der Waals surface area contributed by atoms with Crippen LogP contribution in [0.15, 0.2) is 46.0 Å². The molecule has 0 saturated heterocycles. The third-order valence-corrected chi connectivity index (χ3v) is 3.70. The first-order chi connectivity index (χ1) is 13.2. The highest BCUT2D eigenvalue weighted by Gasteiger charge is 2.08. The molecule has 0 fully saturated rings. The number of H-pyrrole nitrogens is 1. The van der Waals surface area contributed by atoms with Crippen molar-refractivity contribution >= 4 is 5.96 Å². The van der Waals surface area contributed by atoms with Crippen molar-refractivity contribution in [3.63, 3.8) is 0 Å². The maximum Gasteiger partial charge on any atom is 0.216 e. The molecule has 27 heavy (non-hydrogen) atoms. The van der Waals surface area contributed by atoms with Crippen LogP contribution in [-0.4, -0.2) is 34.2 Å². The molecule has 0 aliphatic heterocycles. The monoisotopic (exact) mass is 374 g/mol. The molecule has 0 unspecified atom stereocenters. The standard InChI is InChI=1S/C18H20F2N6O/c1-2-21-18(22-8-7-12-10-13(19)5-6-14(12)20)23-11-16-24-17(26-25-16)15-4-3-9-27-15/h3-6,9-10H,2,7-8,11H2,1H3,(H2,21,22,23)(H,24,25,26). The summed E-state index contributed by atoms with van der Waals surface area (Å²) in [6.45, 7) is 3.28. The van der Waals surface area contributed by atoms with Gasteiger partial charge in [0.2, 0.25) is 5.82 Å². The van der Waals surface area contributed by atoms with Crippen molar-refractivity contribution in [3.8, 4) is 11.6 Å². The molecule has 2 aromatic heterocycles. The molecule has 0 atom stereocenters. The Morgan fingerprint density at radius 3 is 2.93 bits per heavy atom. The summed E-state index contributed by atoms with van der Waals surface area (Å²) in [5.74, 6) is 1.28. The van der Waals surface area contributed by atoms with E-state index in [2.05, 4.69) is 30.8 Å². The van der Waals surface area contributed by atoms with Gasteiger partial charge in [0.05, 0.1) is 6.26 Å². The highest BCUT2D eigenvalue weighted by Crippen LogP contribution is 2.14. The number of halogens is 2. The highest BCUT2D eigenvalue weighted by atomic mass is 19.1. The second-order valence-electron chi connectivity index (χ2n) is 5.69. The summed E-state index contributed by atoms with van der Waals surface area (Å²) in [5, 5.41) is 13.1. The van der Waals surface area contributed by atoms with E-state index in [0.717, 1.165) is 12.1 Å². The minimum atomic E-state index is -0.454. The van der Waals surface area contributed by atoms with E-state index in [1.807, 2.05) is 6.92 Å². The van der Waals surface area contributed by atoms with Crippen LogP contribution in [0.1, 0.15) is 18.3 Å². The number of aliphatic imine (C=N–C) groups is 1. The summed E-state index contributed by atoms with van der Waals surface area (Å²) in [7, 11) is 0. The largest absolute Gasteiger partial charge is 0.461 e. The molecule has 0 amide bonds. The number of nitrogens with one attached hydrogen (secondary N) is 3. The Hall–Kier alpha value is -3.23. The summed E-state index contributed by atoms with van der Waals surface area (Å²) in [6.07, 6.45) is 1.89. The van der Waals surface area contributed by atoms with Crippen molar-refractivity contribution in [2.75, 3.05) is 13.1 Å². The minimum Gasteiger partial charge on any atom is -0.461 e. The van der Waals surface area contributed by atoms with Gasteiger partial charge in [0.1, 0.15) is 24.0 Å². The molecule has 3 N–H and O–H groups in total. The summed E-state index contributed by atoms with van der Waals surface area (Å²) in [5.41, 5.74) is 0.316. The minimum absolute atomic E-state index is 0.275. The lowest BCUT2D eigenvalue weighted by atomic mass is 10.1. The maximum absolute atomic E-state index is 13.7. The Balaban J connectivity index is 1.57. The normalized spacial score (nSPS) is 11.6. The highest BCUT2D eigenvalue weighted by molar-refractivity contribution is 5.79. The molecule has 0 radical (unpaired) electrons. The van der Waals surface area contributed by atoms with Crippen LogP contribution < -0.4 is 10.6 Å². The first kappa shape index (κ1) is 18.6. The molecule has 0 aliphatic rings. The van der Waals surface area contributed by atoms with Gasteiger partial charge in [0.25, 0.3) is 0 Å². The number of rotatable bonds is 7. The van der Waals surface area contributed by atoms with Crippen LogP contribution in [-0.2, 0) is 13.0 Å². The zero-order valence-corrected chi connectivity index (χ0v) is 14.8. The van der Waals surface area contributed by atoms with Gasteiger partial charge >= 0.3 is 0 Å². The summed E-state index contributed by atoms with van der Waals surface area (Å²) < 4.78 is 32.1. The Labute approximate surface area is 154 Å². The van der Waals surface area contributed by atoms with E-state index in [4.69, 9.17) is 4.42 Å². The van der Waals surface area contributed by atoms with Gasteiger partial charge in [0, 0.05) is 13.1 Å². The number of aromatic nitrogens is 3. The van der Waals surface area contributed by atoms with Crippen LogP contribution in [0, 0.1) is 11.6 Å². The topological polar surface area (TPSA) is 91.1 Å². The number of aromatic amines is 1. The number of nitrogens with zero attached hydrogens (tertiary/aromatic N) is 3. The van der Waals surface area contributed by atoms with Crippen LogP contribution in [0.4, 0.5) is 8.78 Å². The fraction of sp³-hybridized carbons (Fsp3) is 0.278. The molecule has 7 nitrogen and oxygen atoms in total. The van der Waals surface area contributed by atoms with Gasteiger partial charge < -0.3 is 15.1 Å². The molecule has 3 rings (SSSR count). The van der Waals surface area contributed by atoms with E-state index < -0.39 is 11.6 Å². The lowest BCUT2D eigenvalue weighted by molar-refractivity contribution is 0.577. The average Bonchev–Trinajstić information content (AvgIpc) is 3.34. The predicted molar refractivity (Wildman–Crippen MR) is 97.0 cm³/mol. The molecule has 0 aliphatic carbocycles. The molecule has 142 valence electrons. The van der Waals surface area contributed by atoms with E-state index >= 15 is 0 Å². The Morgan fingerprint density at radius 2 is 2.15 bits per heavy atom. The van der Waals surface area contributed by atoms with Crippen LogP contribution in [0.5, 0.6) is 0 Å². The smallest absolute Gasteiger partial charge is 0.216 e. The summed E-state index contributed by atoms with van der Waals surface area (Å²) in [6, 6.07) is 6.97. The summed E-state index contributed by atoms with van der Waals surface area (Å²) in [4.78, 5) is 8.73. The van der Waals surface area contributed by atoms with Crippen LogP contribution >= 0.6 is 0 Å². The average molecular weight is 374 g/mol. The quantitative estimate of drug-likeness (QED) is 0.437. The van der Waals surface area contributed by atoms with Crippen molar-refractivity contribution < 1.29 is 13.2 Å². The number of furan rings is 1. The van der Waals surface area contributed by atoms with Crippen LogP contribution in [0.2, 0.25) is 0 Å². The third-order valence-electron chi connectivity index (χ3n) is 3.70. The Morgan fingerprint density at radius 1 is 1.26 bits per heavy atom. The Bertz CT molecular complexity index is 891. The van der Waals surface area contributed by atoms with Crippen molar-refractivity contribution in [1.29, 1.82) is 0 Å². The first-order valence-electron chi connectivity index (χ1n) is 8.57. The van der Waals surface area contributed by atoms with Gasteiger partial charge in [-0.2, -0.15) is 0 Å². The lowest BCUT2D eigenvalue weighted by Crippen LogP contribution is -2.38. The van der Waals surface area contributed by atoms with Crippen molar-refractivity contribution in [3.05, 3.63) is 59.6 Å². The van der Waals surface area contributed by atoms with Gasteiger partial charge in [-0.05, 0) is 49.2 Å². The summed E-state index contributed by atoms with van der Waals surface area (Å²) >= 11 is 0. The van der Waals surface area contributed by atoms with Crippen molar-refractivity contribution in [2.24, 2.45) is 4.99 Å². The second-order valence-corrected chi connectivity index (χ2v) is 5.69. The zero-order chi connectivity index (χ0) is 19.1. The van der Waals surface area contributed by atoms with Crippen LogP contribution in [0.3, 0.4) is 0 Å². The number of guanidine groups is 1. The molecule has 0 spiro atoms. The van der Waals surface area contributed by atoms with E-state index in [9.17, 15) is 8.78 Å². The second kappa shape index (κ2) is 8.93. The zero-order valence-electron chi connectivity index (χ0n) is 14.8. The fourth-order valence-corrected chi connectivity index (χ4v) is 2.43. The molecular formula is C18H20F2N6O. The van der Waals surface area contributed by atoms with Gasteiger partial charge in [-0.1, -0.05) is 0 Å². The predicted octanol–water partition coefficient (Wildman–Crippen LogP) is 2.64. The molecular weight excluding hydrogens is 354 g/mol. The fourth-order valence-electron chi connectivity index (χ4n) is 2.43. The van der Waals surface area contributed by atoms with Crippen molar-refractivity contribution in [1.82, 2.24) is 25.8 Å². The van der Waals surface area contributed by atoms with E-state index in [-0.39, 0.29) is 6.54 Å². The third kappa shape index (κ3) is 5.13. The molecule has 9 heteroatoms. The number of hydrogen-bond acceptors (Lipinski definition) is 4. The maximum atomic E-state index is 13.7. The van der Waals surface area contributed by atoms with E-state index in [0.29, 0.717) is 48.4 Å². The van der Waals surface area contributed by atoms with Crippen LogP contribution in [0.25, 0.3) is 11.6 Å². The number of benzene rings is 1. The molecule has 2 heterocycles. The van der Waals surface area contributed by atoms with E-state index in [1.165, 1.54) is 6.07 Å². The van der Waals surface area contributed by atoms with Gasteiger partial charge in [0.15, 0.2) is 11.7 Å². The Kier molecular flexibility index (Phi) is 6.14. The lowest BCUT2D eigenvalue weighted by Gasteiger charge is -2.11. The first-order valence-corrected chi connectivity index (χ1v) is 8.57. The van der Waals surface area contributed by atoms with Crippen molar-refractivity contribution in [2.45, 2.75) is 19.9 Å². The molecule has 3 aromatic rings. The van der Waals surface area contributed by atoms with Gasteiger partial charge in [-0.15, -0.1) is 5.10 Å². The molecule has 0 saturated carbocycles. The van der Waals surface area contributed by atoms with E-state index in [1.54, 1.807) is 18.4 Å². The van der Waals surface area contributed by atoms with Gasteiger partial charge in [-0.3, -0.25) is 5.10 Å². The number of hydrogen-bond donors (Lipinski definition) is 3. The SMILES string of the molecule is CCNC(=NCc1nc(-c2ccco2)n[nH]1)NCCc1cc(F)ccc1F. The van der Waals surface area contributed by atoms with Gasteiger partial charge in [-0.25, -0.2) is 18.8 Å². The molecule has 0 bridgehead atoms.